The normalized spacial score (nSPS) is 17.6. The standard InChI is InChI=1S/C16H22N2O3/c1-12-6-8-13(9-7-12)17-15(21)18-16(14(19)20)10-4-2-3-5-11-16/h6-9H,2-5,10-11H2,1H3,(H,19,20)(H2,17,18,21). The zero-order valence-electron chi connectivity index (χ0n) is 12.3. The number of aryl methyl sites for hydroxylation is 1. The summed E-state index contributed by atoms with van der Waals surface area (Å²) in [6, 6.07) is 6.94. The molecule has 0 aromatic heterocycles. The third-order valence-electron chi connectivity index (χ3n) is 4.03. The van der Waals surface area contributed by atoms with Crippen LogP contribution >= 0.6 is 0 Å². The van der Waals surface area contributed by atoms with Gasteiger partial charge in [0.1, 0.15) is 5.54 Å². The number of nitrogens with one attached hydrogen (secondary N) is 2. The van der Waals surface area contributed by atoms with Crippen molar-refractivity contribution in [2.45, 2.75) is 51.0 Å². The van der Waals surface area contributed by atoms with Crippen LogP contribution in [0.25, 0.3) is 0 Å². The topological polar surface area (TPSA) is 78.4 Å². The lowest BCUT2D eigenvalue weighted by Gasteiger charge is -2.29. The molecule has 1 aliphatic rings. The Bertz CT molecular complexity index is 503. The van der Waals surface area contributed by atoms with E-state index in [0.717, 1.165) is 31.2 Å². The van der Waals surface area contributed by atoms with Crippen LogP contribution in [0.3, 0.4) is 0 Å². The van der Waals surface area contributed by atoms with Gasteiger partial charge in [-0.1, -0.05) is 43.4 Å². The molecule has 1 aliphatic carbocycles. The van der Waals surface area contributed by atoms with Gasteiger partial charge in [0.05, 0.1) is 0 Å². The fourth-order valence-electron chi connectivity index (χ4n) is 2.74. The molecule has 5 nitrogen and oxygen atoms in total. The van der Waals surface area contributed by atoms with E-state index in [2.05, 4.69) is 10.6 Å². The predicted octanol–water partition coefficient (Wildman–Crippen LogP) is 3.29. The Morgan fingerprint density at radius 3 is 2.14 bits per heavy atom. The van der Waals surface area contributed by atoms with Crippen LogP contribution in [0.5, 0.6) is 0 Å². The molecule has 0 heterocycles. The maximum Gasteiger partial charge on any atom is 0.329 e. The molecular formula is C16H22N2O3. The summed E-state index contributed by atoms with van der Waals surface area (Å²) in [5.74, 6) is -0.941. The summed E-state index contributed by atoms with van der Waals surface area (Å²) in [4.78, 5) is 23.7. The highest BCUT2D eigenvalue weighted by molar-refractivity contribution is 5.93. The van der Waals surface area contributed by atoms with Crippen molar-refractivity contribution >= 4 is 17.7 Å². The van der Waals surface area contributed by atoms with Crippen LogP contribution < -0.4 is 10.6 Å². The summed E-state index contributed by atoms with van der Waals surface area (Å²) in [7, 11) is 0. The van der Waals surface area contributed by atoms with Gasteiger partial charge in [-0.2, -0.15) is 0 Å². The van der Waals surface area contributed by atoms with Gasteiger partial charge in [0.15, 0.2) is 0 Å². The molecule has 0 atom stereocenters. The van der Waals surface area contributed by atoms with E-state index in [9.17, 15) is 14.7 Å². The maximum absolute atomic E-state index is 12.1. The predicted molar refractivity (Wildman–Crippen MR) is 81.4 cm³/mol. The SMILES string of the molecule is Cc1ccc(NC(=O)NC2(C(=O)O)CCCCCC2)cc1. The minimum atomic E-state index is -1.13. The quantitative estimate of drug-likeness (QED) is 0.747. The molecule has 0 unspecified atom stereocenters. The van der Waals surface area contributed by atoms with Crippen LogP contribution in [-0.4, -0.2) is 22.6 Å². The molecule has 1 saturated carbocycles. The minimum absolute atomic E-state index is 0.455. The first-order valence-corrected chi connectivity index (χ1v) is 7.41. The molecule has 0 saturated heterocycles. The number of anilines is 1. The number of rotatable bonds is 3. The molecule has 0 aliphatic heterocycles. The average molecular weight is 290 g/mol. The number of amides is 2. The van der Waals surface area contributed by atoms with Crippen molar-refractivity contribution in [1.82, 2.24) is 5.32 Å². The summed E-state index contributed by atoms with van der Waals surface area (Å²) in [5.41, 5.74) is 0.629. The average Bonchev–Trinajstić information content (AvgIpc) is 2.68. The second-order valence-electron chi connectivity index (χ2n) is 5.75. The number of benzene rings is 1. The summed E-state index contributed by atoms with van der Waals surface area (Å²) in [6.45, 7) is 1.97. The molecule has 114 valence electrons. The molecule has 1 fully saturated rings. The number of aliphatic carboxylic acids is 1. The Labute approximate surface area is 124 Å². The van der Waals surface area contributed by atoms with Gasteiger partial charge >= 0.3 is 12.0 Å². The largest absolute Gasteiger partial charge is 0.480 e. The summed E-state index contributed by atoms with van der Waals surface area (Å²) in [5, 5.41) is 14.9. The van der Waals surface area contributed by atoms with Gasteiger partial charge in [-0.3, -0.25) is 0 Å². The Kier molecular flexibility index (Phi) is 4.83. The smallest absolute Gasteiger partial charge is 0.329 e. The molecule has 1 aromatic carbocycles. The fraction of sp³-hybridized carbons (Fsp3) is 0.500. The number of carboxylic acids is 1. The Hall–Kier alpha value is -2.04. The molecule has 0 radical (unpaired) electrons. The summed E-state index contributed by atoms with van der Waals surface area (Å²) >= 11 is 0. The number of carboxylic acid groups (broad SMARTS) is 1. The van der Waals surface area contributed by atoms with Gasteiger partial charge in [0.2, 0.25) is 0 Å². The molecule has 2 rings (SSSR count). The number of hydrogen-bond donors (Lipinski definition) is 3. The molecule has 0 spiro atoms. The van der Waals surface area contributed by atoms with Crippen molar-refractivity contribution in [3.05, 3.63) is 29.8 Å². The van der Waals surface area contributed by atoms with Crippen molar-refractivity contribution < 1.29 is 14.7 Å². The number of urea groups is 1. The first-order chi connectivity index (χ1) is 10.0. The van der Waals surface area contributed by atoms with Crippen LogP contribution in [0.2, 0.25) is 0 Å². The van der Waals surface area contributed by atoms with Crippen LogP contribution in [0.1, 0.15) is 44.1 Å². The first-order valence-electron chi connectivity index (χ1n) is 7.41. The lowest BCUT2D eigenvalue weighted by atomic mass is 9.90. The van der Waals surface area contributed by atoms with E-state index in [-0.39, 0.29) is 0 Å². The molecule has 3 N–H and O–H groups in total. The Balaban J connectivity index is 2.04. The maximum atomic E-state index is 12.1. The zero-order valence-corrected chi connectivity index (χ0v) is 12.3. The van der Waals surface area contributed by atoms with E-state index in [0.29, 0.717) is 18.5 Å². The second kappa shape index (κ2) is 6.61. The highest BCUT2D eigenvalue weighted by atomic mass is 16.4. The lowest BCUT2D eigenvalue weighted by Crippen LogP contribution is -2.55. The van der Waals surface area contributed by atoms with Crippen LogP contribution in [-0.2, 0) is 4.79 Å². The summed E-state index contributed by atoms with van der Waals surface area (Å²) in [6.07, 6.45) is 4.69. The highest BCUT2D eigenvalue weighted by Crippen LogP contribution is 2.27. The van der Waals surface area contributed by atoms with E-state index in [1.807, 2.05) is 19.1 Å². The number of carbonyl (C=O) groups excluding carboxylic acids is 1. The van der Waals surface area contributed by atoms with Crippen LogP contribution in [0.4, 0.5) is 10.5 Å². The minimum Gasteiger partial charge on any atom is -0.480 e. The lowest BCUT2D eigenvalue weighted by molar-refractivity contribution is -0.145. The Morgan fingerprint density at radius 1 is 1.05 bits per heavy atom. The van der Waals surface area contributed by atoms with Crippen LogP contribution in [0.15, 0.2) is 24.3 Å². The first kappa shape index (κ1) is 15.4. The van der Waals surface area contributed by atoms with Gasteiger partial charge in [-0.15, -0.1) is 0 Å². The van der Waals surface area contributed by atoms with Crippen molar-refractivity contribution in [3.8, 4) is 0 Å². The summed E-state index contributed by atoms with van der Waals surface area (Å²) < 4.78 is 0. The fourth-order valence-corrected chi connectivity index (χ4v) is 2.74. The van der Waals surface area contributed by atoms with E-state index in [4.69, 9.17) is 0 Å². The third-order valence-corrected chi connectivity index (χ3v) is 4.03. The van der Waals surface area contributed by atoms with Gasteiger partial charge in [-0.25, -0.2) is 9.59 Å². The van der Waals surface area contributed by atoms with Crippen molar-refractivity contribution in [1.29, 1.82) is 0 Å². The number of carbonyl (C=O) groups is 2. The molecular weight excluding hydrogens is 268 g/mol. The van der Waals surface area contributed by atoms with Crippen molar-refractivity contribution in [3.63, 3.8) is 0 Å². The zero-order chi connectivity index (χ0) is 15.3. The second-order valence-corrected chi connectivity index (χ2v) is 5.75. The van der Waals surface area contributed by atoms with Crippen molar-refractivity contribution in [2.75, 3.05) is 5.32 Å². The van der Waals surface area contributed by atoms with E-state index in [1.54, 1.807) is 12.1 Å². The molecule has 2 amide bonds. The molecule has 21 heavy (non-hydrogen) atoms. The van der Waals surface area contributed by atoms with Gasteiger partial charge < -0.3 is 15.7 Å². The van der Waals surface area contributed by atoms with E-state index < -0.39 is 17.5 Å². The monoisotopic (exact) mass is 290 g/mol. The number of hydrogen-bond acceptors (Lipinski definition) is 2. The van der Waals surface area contributed by atoms with E-state index in [1.165, 1.54) is 0 Å². The van der Waals surface area contributed by atoms with Gasteiger partial charge in [-0.05, 0) is 31.9 Å². The Morgan fingerprint density at radius 2 is 1.62 bits per heavy atom. The van der Waals surface area contributed by atoms with Gasteiger partial charge in [0, 0.05) is 5.69 Å². The van der Waals surface area contributed by atoms with Crippen LogP contribution in [0, 0.1) is 6.92 Å². The molecule has 0 bridgehead atoms. The van der Waals surface area contributed by atoms with Gasteiger partial charge in [0.25, 0.3) is 0 Å². The molecule has 5 heteroatoms. The molecule has 1 aromatic rings. The third kappa shape index (κ3) is 3.97. The highest BCUT2D eigenvalue weighted by Gasteiger charge is 2.40. The van der Waals surface area contributed by atoms with E-state index >= 15 is 0 Å². The van der Waals surface area contributed by atoms with Crippen molar-refractivity contribution in [2.24, 2.45) is 0 Å².